The van der Waals surface area contributed by atoms with E-state index >= 15 is 0 Å². The van der Waals surface area contributed by atoms with E-state index in [9.17, 15) is 13.2 Å². The van der Waals surface area contributed by atoms with Gasteiger partial charge in [-0.25, -0.2) is 9.52 Å². The summed E-state index contributed by atoms with van der Waals surface area (Å²) in [6.45, 7) is 3.78. The maximum Gasteiger partial charge on any atom is 0.427 e. The van der Waals surface area contributed by atoms with E-state index in [0.717, 1.165) is 0 Å². The number of rotatable bonds is 3. The Hall–Kier alpha value is -1.28. The van der Waals surface area contributed by atoms with Crippen LogP contribution >= 0.6 is 10.7 Å². The van der Waals surface area contributed by atoms with Crippen molar-refractivity contribution in [2.75, 3.05) is 0 Å². The first-order valence-electron chi connectivity index (χ1n) is 4.26. The predicted octanol–water partition coefficient (Wildman–Crippen LogP) is 1.04. The third kappa shape index (κ3) is 4.07. The predicted molar refractivity (Wildman–Crippen MR) is 56.5 cm³/mol. The minimum absolute atomic E-state index is 0.108. The number of hydrogen-bond acceptors (Lipinski definition) is 5. The van der Waals surface area contributed by atoms with Crippen molar-refractivity contribution in [1.29, 1.82) is 0 Å². The lowest BCUT2D eigenvalue weighted by atomic mass is 10.4. The molecule has 7 nitrogen and oxygen atoms in total. The zero-order valence-electron chi connectivity index (χ0n) is 8.55. The Labute approximate surface area is 96.9 Å². The summed E-state index contributed by atoms with van der Waals surface area (Å²) in [6.07, 6.45) is 1.57. The van der Waals surface area contributed by atoms with Crippen molar-refractivity contribution in [3.05, 3.63) is 12.4 Å². The highest BCUT2D eigenvalue weighted by atomic mass is 35.7. The fourth-order valence-electron chi connectivity index (χ4n) is 0.883. The third-order valence-corrected chi connectivity index (χ3v) is 2.16. The normalized spacial score (nSPS) is 11.5. The molecule has 9 heteroatoms. The third-order valence-electron chi connectivity index (χ3n) is 1.52. The van der Waals surface area contributed by atoms with Crippen LogP contribution in [0.15, 0.2) is 12.4 Å². The molecule has 1 amide bonds. The van der Waals surface area contributed by atoms with Gasteiger partial charge in [-0.05, 0) is 13.8 Å². The lowest BCUT2D eigenvalue weighted by Crippen LogP contribution is -2.29. The van der Waals surface area contributed by atoms with Gasteiger partial charge >= 0.3 is 15.3 Å². The number of nitrogens with zero attached hydrogens (tertiary/aromatic N) is 2. The minimum atomic E-state index is -4.13. The van der Waals surface area contributed by atoms with Crippen molar-refractivity contribution in [3.63, 3.8) is 0 Å². The quantitative estimate of drug-likeness (QED) is 0.826. The molecule has 0 radical (unpaired) electrons. The molecule has 1 aromatic rings. The summed E-state index contributed by atoms with van der Waals surface area (Å²) in [5.41, 5.74) is 0. The van der Waals surface area contributed by atoms with E-state index in [2.05, 4.69) is 9.84 Å². The van der Waals surface area contributed by atoms with Crippen LogP contribution in [-0.4, -0.2) is 24.3 Å². The van der Waals surface area contributed by atoms with Crippen LogP contribution in [0.2, 0.25) is 0 Å². The molecule has 0 saturated carbocycles. The van der Waals surface area contributed by atoms with Gasteiger partial charge in [0, 0.05) is 16.7 Å². The fraction of sp³-hybridized carbons (Fsp3) is 0.429. The van der Waals surface area contributed by atoms with Gasteiger partial charge in [0.05, 0.1) is 12.4 Å². The second-order valence-electron chi connectivity index (χ2n) is 3.18. The van der Waals surface area contributed by atoms with Gasteiger partial charge in [0.2, 0.25) is 0 Å². The Morgan fingerprint density at radius 1 is 1.62 bits per heavy atom. The molecule has 0 fully saturated rings. The Kier molecular flexibility index (Phi) is 3.76. The molecule has 0 spiro atoms. The number of amides is 1. The standard InChI is InChI=1S/C7H10ClN3O4S/c1-5(2)11-4-6(3-9-11)15-7(12)10-16(8,13)14/h3-5H,1-2H3,(H,10,12). The minimum Gasteiger partial charge on any atom is -0.406 e. The van der Waals surface area contributed by atoms with Crippen LogP contribution in [0, 0.1) is 0 Å². The Balaban J connectivity index is 2.63. The van der Waals surface area contributed by atoms with Crippen LogP contribution in [0.4, 0.5) is 4.79 Å². The maximum atomic E-state index is 11.0. The number of carbonyl (C=O) groups excluding carboxylic acids is 1. The molecule has 0 aliphatic heterocycles. The molecule has 16 heavy (non-hydrogen) atoms. The molecule has 0 aliphatic carbocycles. The first kappa shape index (κ1) is 12.8. The van der Waals surface area contributed by atoms with Crippen molar-refractivity contribution in [2.45, 2.75) is 19.9 Å². The van der Waals surface area contributed by atoms with Gasteiger partial charge in [-0.15, -0.1) is 0 Å². The molecule has 1 heterocycles. The molecule has 1 aromatic heterocycles. The summed E-state index contributed by atoms with van der Waals surface area (Å²) in [4.78, 5) is 11.0. The number of nitrogens with one attached hydrogen (secondary N) is 1. The Bertz CT molecular complexity index is 482. The van der Waals surface area contributed by atoms with Gasteiger partial charge in [0.15, 0.2) is 5.75 Å². The van der Waals surface area contributed by atoms with Crippen LogP contribution < -0.4 is 9.46 Å². The van der Waals surface area contributed by atoms with Crippen molar-refractivity contribution >= 4 is 26.0 Å². The average molecular weight is 268 g/mol. The number of carbonyl (C=O) groups is 1. The monoisotopic (exact) mass is 267 g/mol. The Morgan fingerprint density at radius 2 is 2.25 bits per heavy atom. The van der Waals surface area contributed by atoms with Crippen LogP contribution in [0.3, 0.4) is 0 Å². The van der Waals surface area contributed by atoms with Gasteiger partial charge in [-0.3, -0.25) is 4.68 Å². The fourth-order valence-corrected chi connectivity index (χ4v) is 1.31. The number of hydrogen-bond donors (Lipinski definition) is 1. The number of halogens is 1. The zero-order chi connectivity index (χ0) is 12.3. The largest absolute Gasteiger partial charge is 0.427 e. The highest BCUT2D eigenvalue weighted by molar-refractivity contribution is 8.12. The molecule has 0 aromatic carbocycles. The summed E-state index contributed by atoms with van der Waals surface area (Å²) < 4.78 is 28.6. The number of ether oxygens (including phenoxy) is 1. The van der Waals surface area contributed by atoms with Crippen molar-refractivity contribution in [2.24, 2.45) is 0 Å². The smallest absolute Gasteiger partial charge is 0.406 e. The van der Waals surface area contributed by atoms with Crippen molar-refractivity contribution in [1.82, 2.24) is 14.5 Å². The van der Waals surface area contributed by atoms with Crippen LogP contribution in [-0.2, 0) is 9.24 Å². The lowest BCUT2D eigenvalue weighted by molar-refractivity contribution is 0.207. The maximum absolute atomic E-state index is 11.0. The SMILES string of the molecule is CC(C)n1cc(OC(=O)NS(=O)(=O)Cl)cn1. The van der Waals surface area contributed by atoms with E-state index in [1.54, 1.807) is 4.68 Å². The summed E-state index contributed by atoms with van der Waals surface area (Å²) in [7, 11) is 0.657. The van der Waals surface area contributed by atoms with E-state index < -0.39 is 15.3 Å². The highest BCUT2D eigenvalue weighted by Gasteiger charge is 2.13. The summed E-state index contributed by atoms with van der Waals surface area (Å²) in [5.74, 6) is 0.131. The van der Waals surface area contributed by atoms with E-state index in [4.69, 9.17) is 10.7 Å². The highest BCUT2D eigenvalue weighted by Crippen LogP contribution is 2.12. The molecule has 0 unspecified atom stereocenters. The van der Waals surface area contributed by atoms with E-state index in [1.807, 2.05) is 13.8 Å². The molecule has 0 saturated heterocycles. The van der Waals surface area contributed by atoms with Gasteiger partial charge in [-0.2, -0.15) is 13.5 Å². The van der Waals surface area contributed by atoms with Crippen molar-refractivity contribution in [3.8, 4) is 5.75 Å². The molecular formula is C7H10ClN3O4S. The lowest BCUT2D eigenvalue weighted by Gasteiger charge is -2.03. The average Bonchev–Trinajstić information content (AvgIpc) is 2.48. The van der Waals surface area contributed by atoms with Crippen LogP contribution in [0.25, 0.3) is 0 Å². The molecule has 1 N–H and O–H groups in total. The first-order valence-corrected chi connectivity index (χ1v) is 6.57. The van der Waals surface area contributed by atoms with Gasteiger partial charge in [-0.1, -0.05) is 0 Å². The van der Waals surface area contributed by atoms with Gasteiger partial charge in [0.25, 0.3) is 0 Å². The van der Waals surface area contributed by atoms with Gasteiger partial charge in [0.1, 0.15) is 0 Å². The number of aromatic nitrogens is 2. The molecule has 1 rings (SSSR count). The van der Waals surface area contributed by atoms with E-state index in [-0.39, 0.29) is 11.8 Å². The molecule has 90 valence electrons. The second-order valence-corrected chi connectivity index (χ2v) is 5.48. The first-order chi connectivity index (χ1) is 7.28. The Morgan fingerprint density at radius 3 is 2.69 bits per heavy atom. The topological polar surface area (TPSA) is 90.3 Å². The van der Waals surface area contributed by atoms with Gasteiger partial charge < -0.3 is 4.74 Å². The van der Waals surface area contributed by atoms with Crippen LogP contribution in [0.5, 0.6) is 5.75 Å². The summed E-state index contributed by atoms with van der Waals surface area (Å²) in [5, 5.41) is 3.89. The second kappa shape index (κ2) is 4.71. The molecule has 0 atom stereocenters. The zero-order valence-corrected chi connectivity index (χ0v) is 10.1. The molecular weight excluding hydrogens is 258 g/mol. The molecule has 0 bridgehead atoms. The van der Waals surface area contributed by atoms with Crippen molar-refractivity contribution < 1.29 is 17.9 Å². The summed E-state index contributed by atoms with van der Waals surface area (Å²) in [6, 6.07) is 0.108. The summed E-state index contributed by atoms with van der Waals surface area (Å²) >= 11 is 0. The molecule has 0 aliphatic rings. The van der Waals surface area contributed by atoms with Crippen LogP contribution in [0.1, 0.15) is 19.9 Å². The van der Waals surface area contributed by atoms with E-state index in [0.29, 0.717) is 0 Å². The van der Waals surface area contributed by atoms with E-state index in [1.165, 1.54) is 17.1 Å².